The van der Waals surface area contributed by atoms with Gasteiger partial charge in [0.2, 0.25) is 0 Å². The standard InChI is InChI=1S/C23H38O2/c1-5-6-7-8-9-10-11-12-13-17-22(24)25-19-20-15-14-16-21(18-20)23(2,3)4/h14-16,18H,5-13,17,19H2,1-4H3. The van der Waals surface area contributed by atoms with Crippen LogP contribution < -0.4 is 0 Å². The highest BCUT2D eigenvalue weighted by Crippen LogP contribution is 2.23. The SMILES string of the molecule is CCCCCCCCCCCC(=O)OCc1cccc(C(C)(C)C)c1. The van der Waals surface area contributed by atoms with E-state index in [1.165, 1.54) is 50.5 Å². The van der Waals surface area contributed by atoms with Crippen LogP contribution >= 0.6 is 0 Å². The molecule has 1 aromatic rings. The van der Waals surface area contributed by atoms with Gasteiger partial charge in [0, 0.05) is 6.42 Å². The minimum absolute atomic E-state index is 0.0656. The average molecular weight is 347 g/mol. The van der Waals surface area contributed by atoms with Crippen LogP contribution in [0.25, 0.3) is 0 Å². The molecule has 0 fully saturated rings. The smallest absolute Gasteiger partial charge is 0.306 e. The van der Waals surface area contributed by atoms with E-state index in [0.29, 0.717) is 13.0 Å². The zero-order valence-corrected chi connectivity index (χ0v) is 16.9. The van der Waals surface area contributed by atoms with Gasteiger partial charge in [-0.2, -0.15) is 0 Å². The van der Waals surface area contributed by atoms with Crippen LogP contribution in [-0.4, -0.2) is 5.97 Å². The summed E-state index contributed by atoms with van der Waals surface area (Å²) in [6.45, 7) is 9.23. The molecule has 0 aliphatic rings. The van der Waals surface area contributed by atoms with E-state index in [1.807, 2.05) is 12.1 Å². The molecule has 0 spiro atoms. The van der Waals surface area contributed by atoms with Crippen molar-refractivity contribution in [2.75, 3.05) is 0 Å². The summed E-state index contributed by atoms with van der Waals surface area (Å²) in [4.78, 5) is 11.9. The molecule has 1 rings (SSSR count). The summed E-state index contributed by atoms with van der Waals surface area (Å²) < 4.78 is 5.43. The predicted molar refractivity (Wildman–Crippen MR) is 107 cm³/mol. The van der Waals surface area contributed by atoms with Gasteiger partial charge in [0.25, 0.3) is 0 Å². The summed E-state index contributed by atoms with van der Waals surface area (Å²) in [6.07, 6.45) is 11.9. The summed E-state index contributed by atoms with van der Waals surface area (Å²) in [5.74, 6) is -0.0656. The zero-order chi connectivity index (χ0) is 18.5. The molecule has 0 aliphatic heterocycles. The third kappa shape index (κ3) is 10.3. The van der Waals surface area contributed by atoms with Gasteiger partial charge in [-0.3, -0.25) is 4.79 Å². The quantitative estimate of drug-likeness (QED) is 0.302. The maximum Gasteiger partial charge on any atom is 0.306 e. The van der Waals surface area contributed by atoms with Crippen LogP contribution in [0.15, 0.2) is 24.3 Å². The Hall–Kier alpha value is -1.31. The van der Waals surface area contributed by atoms with Gasteiger partial charge in [0.1, 0.15) is 6.61 Å². The monoisotopic (exact) mass is 346 g/mol. The maximum atomic E-state index is 11.9. The van der Waals surface area contributed by atoms with Crippen molar-refractivity contribution >= 4 is 5.97 Å². The van der Waals surface area contributed by atoms with Crippen molar-refractivity contribution < 1.29 is 9.53 Å². The van der Waals surface area contributed by atoms with Crippen molar-refractivity contribution in [1.82, 2.24) is 0 Å². The van der Waals surface area contributed by atoms with Crippen molar-refractivity contribution in [3.05, 3.63) is 35.4 Å². The number of carbonyl (C=O) groups is 1. The topological polar surface area (TPSA) is 26.3 Å². The Morgan fingerprint density at radius 3 is 2.12 bits per heavy atom. The average Bonchev–Trinajstić information content (AvgIpc) is 2.58. The van der Waals surface area contributed by atoms with Crippen LogP contribution in [0.1, 0.15) is 103 Å². The highest BCUT2D eigenvalue weighted by atomic mass is 16.5. The summed E-state index contributed by atoms with van der Waals surface area (Å²) in [6, 6.07) is 8.35. The van der Waals surface area contributed by atoms with Crippen LogP contribution in [-0.2, 0) is 21.6 Å². The maximum absolute atomic E-state index is 11.9. The fourth-order valence-electron chi connectivity index (χ4n) is 2.94. The lowest BCUT2D eigenvalue weighted by Crippen LogP contribution is -2.11. The van der Waals surface area contributed by atoms with Gasteiger partial charge in [-0.25, -0.2) is 0 Å². The minimum atomic E-state index is -0.0656. The largest absolute Gasteiger partial charge is 0.461 e. The first-order valence-electron chi connectivity index (χ1n) is 10.2. The normalized spacial score (nSPS) is 11.5. The van der Waals surface area contributed by atoms with Gasteiger partial charge < -0.3 is 4.74 Å². The molecule has 25 heavy (non-hydrogen) atoms. The van der Waals surface area contributed by atoms with Crippen LogP contribution in [0, 0.1) is 0 Å². The summed E-state index contributed by atoms with van der Waals surface area (Å²) >= 11 is 0. The van der Waals surface area contributed by atoms with Crippen molar-refractivity contribution in [2.45, 2.75) is 104 Å². The molecule has 0 bridgehead atoms. The van der Waals surface area contributed by atoms with Crippen molar-refractivity contribution in [3.8, 4) is 0 Å². The van der Waals surface area contributed by atoms with Gasteiger partial charge in [0.05, 0.1) is 0 Å². The molecule has 0 atom stereocenters. The summed E-state index contributed by atoms with van der Waals surface area (Å²) in [5.41, 5.74) is 2.48. The summed E-state index contributed by atoms with van der Waals surface area (Å²) in [5, 5.41) is 0. The Bertz CT molecular complexity index is 485. The Balaban J connectivity index is 2.11. The Kier molecular flexibility index (Phi) is 10.5. The second-order valence-electron chi connectivity index (χ2n) is 8.19. The van der Waals surface area contributed by atoms with E-state index in [0.717, 1.165) is 18.4 Å². The van der Waals surface area contributed by atoms with E-state index in [-0.39, 0.29) is 11.4 Å². The van der Waals surface area contributed by atoms with Gasteiger partial charge in [-0.15, -0.1) is 0 Å². The van der Waals surface area contributed by atoms with Gasteiger partial charge in [0.15, 0.2) is 0 Å². The number of unbranched alkanes of at least 4 members (excludes halogenated alkanes) is 8. The molecular weight excluding hydrogens is 308 g/mol. The second kappa shape index (κ2) is 12.1. The van der Waals surface area contributed by atoms with Crippen LogP contribution in [0.5, 0.6) is 0 Å². The lowest BCUT2D eigenvalue weighted by molar-refractivity contribution is -0.145. The molecule has 0 unspecified atom stereocenters. The van der Waals surface area contributed by atoms with E-state index in [9.17, 15) is 4.79 Å². The molecule has 0 N–H and O–H groups in total. The van der Waals surface area contributed by atoms with E-state index in [2.05, 4.69) is 39.8 Å². The van der Waals surface area contributed by atoms with E-state index in [1.54, 1.807) is 0 Å². The fraction of sp³-hybridized carbons (Fsp3) is 0.696. The lowest BCUT2D eigenvalue weighted by Gasteiger charge is -2.19. The molecule has 0 amide bonds. The minimum Gasteiger partial charge on any atom is -0.461 e. The van der Waals surface area contributed by atoms with Crippen LogP contribution in [0.3, 0.4) is 0 Å². The molecule has 142 valence electrons. The Morgan fingerprint density at radius 1 is 0.920 bits per heavy atom. The first kappa shape index (κ1) is 21.7. The number of hydrogen-bond acceptors (Lipinski definition) is 2. The van der Waals surface area contributed by atoms with Gasteiger partial charge in [-0.1, -0.05) is 103 Å². The highest BCUT2D eigenvalue weighted by Gasteiger charge is 2.13. The van der Waals surface area contributed by atoms with E-state index < -0.39 is 0 Å². The molecule has 0 radical (unpaired) electrons. The van der Waals surface area contributed by atoms with Crippen molar-refractivity contribution in [2.24, 2.45) is 0 Å². The Labute approximate surface area is 155 Å². The van der Waals surface area contributed by atoms with E-state index >= 15 is 0 Å². The predicted octanol–water partition coefficient (Wildman–Crippen LogP) is 6.95. The zero-order valence-electron chi connectivity index (χ0n) is 16.9. The molecule has 0 heterocycles. The fourth-order valence-corrected chi connectivity index (χ4v) is 2.94. The molecule has 0 saturated carbocycles. The number of carbonyl (C=O) groups excluding carboxylic acids is 1. The van der Waals surface area contributed by atoms with Crippen molar-refractivity contribution in [1.29, 1.82) is 0 Å². The molecule has 0 aromatic heterocycles. The van der Waals surface area contributed by atoms with Crippen molar-refractivity contribution in [3.63, 3.8) is 0 Å². The van der Waals surface area contributed by atoms with E-state index in [4.69, 9.17) is 4.74 Å². The molecule has 0 aliphatic carbocycles. The molecule has 1 aromatic carbocycles. The molecule has 2 heteroatoms. The molecular formula is C23H38O2. The Morgan fingerprint density at radius 2 is 1.52 bits per heavy atom. The van der Waals surface area contributed by atoms with Crippen LogP contribution in [0.4, 0.5) is 0 Å². The number of esters is 1. The molecule has 2 nitrogen and oxygen atoms in total. The first-order valence-corrected chi connectivity index (χ1v) is 10.2. The number of hydrogen-bond donors (Lipinski definition) is 0. The number of rotatable bonds is 12. The number of ether oxygens (including phenoxy) is 1. The van der Waals surface area contributed by atoms with Gasteiger partial charge in [-0.05, 0) is 23.0 Å². The third-order valence-corrected chi connectivity index (χ3v) is 4.68. The van der Waals surface area contributed by atoms with Crippen LogP contribution in [0.2, 0.25) is 0 Å². The molecule has 0 saturated heterocycles. The third-order valence-electron chi connectivity index (χ3n) is 4.68. The second-order valence-corrected chi connectivity index (χ2v) is 8.19. The first-order chi connectivity index (χ1) is 11.9. The van der Waals surface area contributed by atoms with Gasteiger partial charge >= 0.3 is 5.97 Å². The summed E-state index contributed by atoms with van der Waals surface area (Å²) in [7, 11) is 0. The lowest BCUT2D eigenvalue weighted by atomic mass is 9.86. The number of benzene rings is 1. The highest BCUT2D eigenvalue weighted by molar-refractivity contribution is 5.69.